The Labute approximate surface area is 164 Å². The fourth-order valence-electron chi connectivity index (χ4n) is 2.57. The van der Waals surface area contributed by atoms with Crippen LogP contribution in [-0.2, 0) is 24.6 Å². The van der Waals surface area contributed by atoms with Crippen LogP contribution in [0.15, 0.2) is 0 Å². The highest BCUT2D eigenvalue weighted by Crippen LogP contribution is 2.28. The topological polar surface area (TPSA) is 296 Å². The molecule has 2 heterocycles. The first-order chi connectivity index (χ1) is 12.8. The molecule has 2 aliphatic heterocycles. The predicted molar refractivity (Wildman–Crippen MR) is 86.4 cm³/mol. The summed E-state index contributed by atoms with van der Waals surface area (Å²) in [6.45, 7) is -1.35. The van der Waals surface area contributed by atoms with Crippen LogP contribution in [0.1, 0.15) is 0 Å². The Morgan fingerprint density at radius 3 is 1.66 bits per heavy atom. The molecule has 176 valence electrons. The summed E-state index contributed by atoms with van der Waals surface area (Å²) < 4.78 is 46.8. The summed E-state index contributed by atoms with van der Waals surface area (Å²) in [5.74, 6) is 0. The molecule has 0 aromatic carbocycles. The zero-order chi connectivity index (χ0) is 21.8. The molecular weight excluding hydrogens is 432 g/mol. The van der Waals surface area contributed by atoms with E-state index in [1.165, 1.54) is 0 Å². The van der Waals surface area contributed by atoms with Gasteiger partial charge in [0.2, 0.25) is 0 Å². The van der Waals surface area contributed by atoms with E-state index in [2.05, 4.69) is 0 Å². The molecule has 0 spiro atoms. The van der Waals surface area contributed by atoms with Gasteiger partial charge in [-0.25, -0.2) is 0 Å². The molecule has 0 bridgehead atoms. The van der Waals surface area contributed by atoms with Crippen molar-refractivity contribution in [1.29, 1.82) is 0 Å². The van der Waals surface area contributed by atoms with Crippen LogP contribution in [0.3, 0.4) is 0 Å². The summed E-state index contributed by atoms with van der Waals surface area (Å²) in [4.78, 5) is 0. The lowest BCUT2D eigenvalue weighted by molar-refractivity contribution is -0.355. The van der Waals surface area contributed by atoms with Crippen molar-refractivity contribution in [2.24, 2.45) is 0 Å². The normalized spacial score (nSPS) is 43.0. The number of rotatable bonds is 4. The van der Waals surface area contributed by atoms with Crippen molar-refractivity contribution in [3.8, 4) is 0 Å². The molecule has 0 aromatic rings. The van der Waals surface area contributed by atoms with Crippen LogP contribution < -0.4 is 0 Å². The van der Waals surface area contributed by atoms with Gasteiger partial charge in [0.1, 0.15) is 48.8 Å². The summed E-state index contributed by atoms with van der Waals surface area (Å²) in [6.07, 6.45) is -15.6. The molecule has 2 fully saturated rings. The first-order valence-corrected chi connectivity index (χ1v) is 9.17. The van der Waals surface area contributed by atoms with Gasteiger partial charge in [0.05, 0.1) is 13.2 Å². The molecule has 1 unspecified atom stereocenters. The molecule has 0 aliphatic carbocycles. The van der Waals surface area contributed by atoms with Crippen LogP contribution in [0.2, 0.25) is 0 Å². The minimum absolute atomic E-state index is 0. The second-order valence-electron chi connectivity index (χ2n) is 5.97. The molecule has 29 heavy (non-hydrogen) atoms. The van der Waals surface area contributed by atoms with Crippen molar-refractivity contribution >= 4 is 10.4 Å². The van der Waals surface area contributed by atoms with E-state index in [-0.39, 0.29) is 5.48 Å². The monoisotopic (exact) mass is 458 g/mol. The third-order valence-electron chi connectivity index (χ3n) is 3.98. The Bertz CT molecular complexity index is 560. The number of aliphatic hydroxyl groups excluding tert-OH is 8. The van der Waals surface area contributed by atoms with Crippen molar-refractivity contribution in [3.05, 3.63) is 0 Å². The summed E-state index contributed by atoms with van der Waals surface area (Å²) >= 11 is 0. The Morgan fingerprint density at radius 1 is 0.724 bits per heavy atom. The highest BCUT2D eigenvalue weighted by atomic mass is 32.3. The summed E-state index contributed by atoms with van der Waals surface area (Å²) in [7, 11) is -4.67. The zero-order valence-corrected chi connectivity index (χ0v) is 15.4. The van der Waals surface area contributed by atoms with Crippen LogP contribution in [0.5, 0.6) is 0 Å². The van der Waals surface area contributed by atoms with Crippen LogP contribution in [-0.4, -0.2) is 138 Å². The van der Waals surface area contributed by atoms with E-state index in [9.17, 15) is 35.7 Å². The highest BCUT2D eigenvalue weighted by Gasteiger charge is 2.50. The van der Waals surface area contributed by atoms with Crippen molar-refractivity contribution in [3.63, 3.8) is 0 Å². The molecule has 2 aliphatic rings. The predicted octanol–water partition coefficient (Wildman–Crippen LogP) is -6.87. The van der Waals surface area contributed by atoms with Gasteiger partial charge in [0, 0.05) is 0 Å². The average molecular weight is 458 g/mol. The molecule has 0 amide bonds. The molecule has 12 N–H and O–H groups in total. The van der Waals surface area contributed by atoms with Gasteiger partial charge in [-0.05, 0) is 0 Å². The Balaban J connectivity index is 0.00000117. The molecule has 2 rings (SSSR count). The fourth-order valence-corrected chi connectivity index (χ4v) is 2.57. The maximum atomic E-state index is 9.94. The van der Waals surface area contributed by atoms with Crippen molar-refractivity contribution < 1.29 is 78.1 Å². The molecule has 0 aromatic heterocycles. The van der Waals surface area contributed by atoms with E-state index in [0.29, 0.717) is 0 Å². The smallest absolute Gasteiger partial charge is 0.394 e. The van der Waals surface area contributed by atoms with E-state index < -0.39 is 85.0 Å². The van der Waals surface area contributed by atoms with Gasteiger partial charge in [0.15, 0.2) is 12.6 Å². The van der Waals surface area contributed by atoms with Gasteiger partial charge < -0.3 is 60.5 Å². The zero-order valence-electron chi connectivity index (χ0n) is 14.6. The maximum Gasteiger partial charge on any atom is 0.394 e. The van der Waals surface area contributed by atoms with Crippen LogP contribution >= 0.6 is 0 Å². The largest absolute Gasteiger partial charge is 0.412 e. The van der Waals surface area contributed by atoms with Gasteiger partial charge in [0.25, 0.3) is 0 Å². The number of hydrogen-bond acceptors (Lipinski definition) is 13. The minimum atomic E-state index is -4.67. The number of hydrogen-bond donors (Lipinski definition) is 10. The summed E-state index contributed by atoms with van der Waals surface area (Å²) in [5, 5.41) is 76.5. The maximum absolute atomic E-state index is 9.94. The fraction of sp³-hybridized carbons (Fsp3) is 1.00. The Hall–Kier alpha value is -0.610. The molecule has 2 saturated heterocycles. The van der Waals surface area contributed by atoms with Gasteiger partial charge in [-0.1, -0.05) is 0 Å². The van der Waals surface area contributed by atoms with Crippen LogP contribution in [0, 0.1) is 0 Å². The van der Waals surface area contributed by atoms with E-state index in [1.54, 1.807) is 0 Å². The van der Waals surface area contributed by atoms with Gasteiger partial charge in [-0.2, -0.15) is 8.42 Å². The SMILES string of the molecule is O.O=S(=O)(O)O.OC[C@H]1O[C@@H](O[C@H]2[C@H](O)[C@@H](O)C(O)O[C@@H]2CO)[C@H](O)[C@@H](O)[C@H]1O. The molecule has 16 nitrogen and oxygen atoms in total. The van der Waals surface area contributed by atoms with Gasteiger partial charge >= 0.3 is 10.4 Å². The van der Waals surface area contributed by atoms with Gasteiger partial charge in [-0.3, -0.25) is 9.11 Å². The van der Waals surface area contributed by atoms with Gasteiger partial charge in [-0.15, -0.1) is 0 Å². The third kappa shape index (κ3) is 7.86. The molecule has 0 saturated carbocycles. The van der Waals surface area contributed by atoms with E-state index in [1.807, 2.05) is 0 Å². The number of ether oxygens (including phenoxy) is 3. The van der Waals surface area contributed by atoms with Crippen LogP contribution in [0.4, 0.5) is 0 Å². The molecule has 10 atom stereocenters. The first-order valence-electron chi connectivity index (χ1n) is 7.78. The second kappa shape index (κ2) is 11.7. The lowest BCUT2D eigenvalue weighted by Crippen LogP contribution is -2.64. The Kier molecular flexibility index (Phi) is 11.4. The van der Waals surface area contributed by atoms with Crippen molar-refractivity contribution in [2.75, 3.05) is 13.2 Å². The van der Waals surface area contributed by atoms with Crippen LogP contribution in [0.25, 0.3) is 0 Å². The third-order valence-corrected chi connectivity index (χ3v) is 3.98. The summed E-state index contributed by atoms with van der Waals surface area (Å²) in [6, 6.07) is 0. The second-order valence-corrected chi connectivity index (χ2v) is 6.87. The molecular formula is C12H26O16S. The Morgan fingerprint density at radius 2 is 1.21 bits per heavy atom. The lowest BCUT2D eigenvalue weighted by atomic mass is 9.97. The minimum Gasteiger partial charge on any atom is -0.412 e. The molecule has 17 heteroatoms. The van der Waals surface area contributed by atoms with Crippen molar-refractivity contribution in [2.45, 2.75) is 61.4 Å². The quantitative estimate of drug-likeness (QED) is 0.175. The first kappa shape index (κ1) is 28.4. The van der Waals surface area contributed by atoms with E-state index in [0.717, 1.165) is 0 Å². The average Bonchev–Trinajstić information content (AvgIpc) is 2.60. The highest BCUT2D eigenvalue weighted by molar-refractivity contribution is 7.79. The molecule has 0 radical (unpaired) electrons. The standard InChI is InChI=1S/C12H22O11.H2O4S.H2O/c13-1-3-5(15)6(16)9(19)12(22-3)23-10-4(2-14)21-11(20)8(18)7(10)17;1-5(2,3)4;/h3-20H,1-2H2;(H2,1,2,3,4);1H2/t3-,4-,5+,6+,7-,8-,9-,10-,11?,12+;;/m1../s1. The van der Waals surface area contributed by atoms with E-state index in [4.69, 9.17) is 36.8 Å². The summed E-state index contributed by atoms with van der Waals surface area (Å²) in [5.41, 5.74) is 0. The lowest BCUT2D eigenvalue weighted by Gasteiger charge is -2.45. The van der Waals surface area contributed by atoms with E-state index >= 15 is 0 Å². The van der Waals surface area contributed by atoms with Crippen molar-refractivity contribution in [1.82, 2.24) is 0 Å². The number of aliphatic hydroxyl groups is 8.